The molecule has 1 fully saturated rings. The summed E-state index contributed by atoms with van der Waals surface area (Å²) in [6.45, 7) is 12.2. The molecule has 2 atom stereocenters. The molecule has 1 aliphatic rings. The SMILES string of the molecule is C=CC[C@@H]([C@H]1COC(C)(C)O1)N(Cc1ccccc1)C(=O)C=C. The van der Waals surface area contributed by atoms with Crippen molar-refractivity contribution in [1.82, 2.24) is 4.90 Å². The van der Waals surface area contributed by atoms with Gasteiger partial charge in [0.05, 0.1) is 12.6 Å². The average Bonchev–Trinajstić information content (AvgIpc) is 2.91. The van der Waals surface area contributed by atoms with Crippen molar-refractivity contribution in [1.29, 1.82) is 0 Å². The second kappa shape index (κ2) is 7.57. The van der Waals surface area contributed by atoms with Crippen LogP contribution < -0.4 is 0 Å². The van der Waals surface area contributed by atoms with Crippen LogP contribution in [0.15, 0.2) is 55.6 Å². The first-order valence-electron chi connectivity index (χ1n) is 7.86. The molecular weight excluding hydrogens is 290 g/mol. The predicted octanol–water partition coefficient (Wildman–Crippen LogP) is 3.30. The Morgan fingerprint density at radius 3 is 2.61 bits per heavy atom. The molecule has 0 aromatic heterocycles. The van der Waals surface area contributed by atoms with Gasteiger partial charge in [-0.3, -0.25) is 4.79 Å². The lowest BCUT2D eigenvalue weighted by molar-refractivity contribution is -0.152. The summed E-state index contributed by atoms with van der Waals surface area (Å²) in [5.41, 5.74) is 1.06. The molecule has 0 radical (unpaired) electrons. The second-order valence-corrected chi connectivity index (χ2v) is 6.11. The number of ether oxygens (including phenoxy) is 2. The standard InChI is InChI=1S/C19H25NO3/c1-5-10-16(17-14-22-19(3,4)23-17)20(18(21)6-2)13-15-11-8-7-9-12-15/h5-9,11-12,16-17H,1-2,10,13-14H2,3-4H3/t16-,17+/m0/s1. The van der Waals surface area contributed by atoms with Crippen LogP contribution in [0.2, 0.25) is 0 Å². The normalized spacial score (nSPS) is 20.7. The molecule has 124 valence electrons. The molecule has 1 aromatic carbocycles. The van der Waals surface area contributed by atoms with Gasteiger partial charge in [-0.15, -0.1) is 6.58 Å². The Morgan fingerprint density at radius 1 is 1.39 bits per heavy atom. The first-order valence-corrected chi connectivity index (χ1v) is 7.86. The van der Waals surface area contributed by atoms with Crippen molar-refractivity contribution < 1.29 is 14.3 Å². The Kier molecular flexibility index (Phi) is 5.74. The molecule has 4 heteroatoms. The number of benzene rings is 1. The lowest BCUT2D eigenvalue weighted by atomic mass is 10.0. The van der Waals surface area contributed by atoms with Gasteiger partial charge in [-0.05, 0) is 31.9 Å². The summed E-state index contributed by atoms with van der Waals surface area (Å²) in [5, 5.41) is 0. The van der Waals surface area contributed by atoms with Gasteiger partial charge in [0.25, 0.3) is 0 Å². The van der Waals surface area contributed by atoms with Crippen LogP contribution >= 0.6 is 0 Å². The zero-order valence-corrected chi connectivity index (χ0v) is 13.9. The van der Waals surface area contributed by atoms with Crippen LogP contribution in [0.1, 0.15) is 25.8 Å². The fourth-order valence-corrected chi connectivity index (χ4v) is 2.81. The maximum atomic E-state index is 12.4. The van der Waals surface area contributed by atoms with E-state index in [-0.39, 0.29) is 18.1 Å². The van der Waals surface area contributed by atoms with Crippen molar-refractivity contribution in [2.75, 3.05) is 6.61 Å². The van der Waals surface area contributed by atoms with Gasteiger partial charge in [0, 0.05) is 6.54 Å². The van der Waals surface area contributed by atoms with Crippen molar-refractivity contribution in [3.05, 3.63) is 61.2 Å². The topological polar surface area (TPSA) is 38.8 Å². The minimum atomic E-state index is -0.625. The molecule has 0 saturated carbocycles. The molecule has 1 aromatic rings. The summed E-state index contributed by atoms with van der Waals surface area (Å²) in [6.07, 6.45) is 3.61. The molecule has 23 heavy (non-hydrogen) atoms. The third-order valence-electron chi connectivity index (χ3n) is 3.92. The molecule has 1 heterocycles. The molecule has 1 aliphatic heterocycles. The number of carbonyl (C=O) groups is 1. The zero-order chi connectivity index (χ0) is 16.9. The molecule has 0 aliphatic carbocycles. The van der Waals surface area contributed by atoms with E-state index in [9.17, 15) is 4.79 Å². The van der Waals surface area contributed by atoms with Gasteiger partial charge in [0.15, 0.2) is 5.79 Å². The first-order chi connectivity index (χ1) is 11.0. The number of hydrogen-bond donors (Lipinski definition) is 0. The Bertz CT molecular complexity index is 553. The third kappa shape index (κ3) is 4.53. The smallest absolute Gasteiger partial charge is 0.246 e. The van der Waals surface area contributed by atoms with Crippen molar-refractivity contribution in [2.24, 2.45) is 0 Å². The maximum absolute atomic E-state index is 12.4. The molecule has 0 N–H and O–H groups in total. The summed E-state index contributed by atoms with van der Waals surface area (Å²) in [7, 11) is 0. The van der Waals surface area contributed by atoms with Crippen LogP contribution in [0.3, 0.4) is 0 Å². The van der Waals surface area contributed by atoms with Crippen molar-refractivity contribution in [3.8, 4) is 0 Å². The third-order valence-corrected chi connectivity index (χ3v) is 3.92. The maximum Gasteiger partial charge on any atom is 0.246 e. The first kappa shape index (κ1) is 17.4. The van der Waals surface area contributed by atoms with E-state index in [2.05, 4.69) is 13.2 Å². The van der Waals surface area contributed by atoms with Crippen LogP contribution in [0.25, 0.3) is 0 Å². The lowest BCUT2D eigenvalue weighted by Crippen LogP contribution is -2.47. The minimum Gasteiger partial charge on any atom is -0.348 e. The van der Waals surface area contributed by atoms with Crippen LogP contribution in [-0.4, -0.2) is 35.3 Å². The molecule has 4 nitrogen and oxygen atoms in total. The van der Waals surface area contributed by atoms with E-state index in [1.807, 2.05) is 50.3 Å². The monoisotopic (exact) mass is 315 g/mol. The number of amides is 1. The van der Waals surface area contributed by atoms with Crippen LogP contribution in [0.4, 0.5) is 0 Å². The summed E-state index contributed by atoms with van der Waals surface area (Å²) in [4.78, 5) is 14.2. The van der Waals surface area contributed by atoms with Gasteiger partial charge in [0.2, 0.25) is 5.91 Å². The van der Waals surface area contributed by atoms with Gasteiger partial charge in [-0.25, -0.2) is 0 Å². The van der Waals surface area contributed by atoms with Crippen LogP contribution in [0.5, 0.6) is 0 Å². The Morgan fingerprint density at radius 2 is 2.09 bits per heavy atom. The van der Waals surface area contributed by atoms with E-state index in [4.69, 9.17) is 9.47 Å². The van der Waals surface area contributed by atoms with E-state index >= 15 is 0 Å². The quantitative estimate of drug-likeness (QED) is 0.572. The van der Waals surface area contributed by atoms with Crippen LogP contribution in [-0.2, 0) is 20.8 Å². The van der Waals surface area contributed by atoms with Gasteiger partial charge in [-0.2, -0.15) is 0 Å². The van der Waals surface area contributed by atoms with Crippen molar-refractivity contribution in [2.45, 2.75) is 44.7 Å². The Labute approximate surface area is 138 Å². The molecule has 2 rings (SSSR count). The Balaban J connectivity index is 2.24. The minimum absolute atomic E-state index is 0.117. The van der Waals surface area contributed by atoms with Crippen molar-refractivity contribution >= 4 is 5.91 Å². The number of nitrogens with zero attached hydrogens (tertiary/aromatic N) is 1. The molecule has 0 bridgehead atoms. The fourth-order valence-electron chi connectivity index (χ4n) is 2.81. The van der Waals surface area contributed by atoms with Crippen molar-refractivity contribution in [3.63, 3.8) is 0 Å². The van der Waals surface area contributed by atoms with Gasteiger partial charge in [-0.1, -0.05) is 43.0 Å². The van der Waals surface area contributed by atoms with Crippen LogP contribution in [0, 0.1) is 0 Å². The largest absolute Gasteiger partial charge is 0.348 e. The highest BCUT2D eigenvalue weighted by molar-refractivity contribution is 5.87. The van der Waals surface area contributed by atoms with Gasteiger partial charge >= 0.3 is 0 Å². The predicted molar refractivity (Wildman–Crippen MR) is 90.7 cm³/mol. The fraction of sp³-hybridized carbons (Fsp3) is 0.421. The highest BCUT2D eigenvalue weighted by Crippen LogP contribution is 2.28. The second-order valence-electron chi connectivity index (χ2n) is 6.11. The van der Waals surface area contributed by atoms with Gasteiger partial charge in [0.1, 0.15) is 6.10 Å². The summed E-state index contributed by atoms with van der Waals surface area (Å²) < 4.78 is 11.7. The van der Waals surface area contributed by atoms with E-state index in [0.717, 1.165) is 5.56 Å². The Hall–Kier alpha value is -1.91. The highest BCUT2D eigenvalue weighted by Gasteiger charge is 2.40. The number of rotatable bonds is 7. The number of hydrogen-bond acceptors (Lipinski definition) is 3. The summed E-state index contributed by atoms with van der Waals surface area (Å²) >= 11 is 0. The molecule has 0 spiro atoms. The van der Waals surface area contributed by atoms with E-state index in [1.165, 1.54) is 6.08 Å². The molecule has 1 saturated heterocycles. The average molecular weight is 315 g/mol. The molecule has 1 amide bonds. The van der Waals surface area contributed by atoms with Gasteiger partial charge < -0.3 is 14.4 Å². The highest BCUT2D eigenvalue weighted by atomic mass is 16.7. The van der Waals surface area contributed by atoms with E-state index in [0.29, 0.717) is 19.6 Å². The van der Waals surface area contributed by atoms with E-state index < -0.39 is 5.79 Å². The summed E-state index contributed by atoms with van der Waals surface area (Å²) in [5.74, 6) is -0.742. The molecular formula is C19H25NO3. The summed E-state index contributed by atoms with van der Waals surface area (Å²) in [6, 6.07) is 9.76. The zero-order valence-electron chi connectivity index (χ0n) is 13.9. The molecule has 0 unspecified atom stereocenters. The number of carbonyl (C=O) groups excluding carboxylic acids is 1. The van der Waals surface area contributed by atoms with E-state index in [1.54, 1.807) is 4.90 Å². The lowest BCUT2D eigenvalue weighted by Gasteiger charge is -2.34.